The van der Waals surface area contributed by atoms with Gasteiger partial charge in [0.1, 0.15) is 0 Å². The van der Waals surface area contributed by atoms with Crippen LogP contribution in [0.2, 0.25) is 0 Å². The lowest BCUT2D eigenvalue weighted by atomic mass is 9.88. The molecule has 5 nitrogen and oxygen atoms in total. The Morgan fingerprint density at radius 2 is 2.06 bits per heavy atom. The Morgan fingerprint density at radius 3 is 2.56 bits per heavy atom. The molecule has 1 fully saturated rings. The fourth-order valence-electron chi connectivity index (χ4n) is 2.11. The fourth-order valence-corrected chi connectivity index (χ4v) is 2.29. The van der Waals surface area contributed by atoms with E-state index in [0.29, 0.717) is 19.6 Å². The first kappa shape index (κ1) is 15.3. The molecule has 1 amide bonds. The average molecular weight is 275 g/mol. The quantitative estimate of drug-likeness (QED) is 0.745. The monoisotopic (exact) mass is 275 g/mol. The minimum Gasteiger partial charge on any atom is -0.453 e. The van der Waals surface area contributed by atoms with Crippen molar-refractivity contribution in [3.05, 3.63) is 0 Å². The van der Waals surface area contributed by atoms with Crippen molar-refractivity contribution in [2.45, 2.75) is 37.5 Å². The van der Waals surface area contributed by atoms with E-state index in [0.717, 1.165) is 12.8 Å². The SMILES string of the molecule is COC(=O)N[C@@H](C(=O)C[C@@H](C)S)C1CCOCC1. The highest BCUT2D eigenvalue weighted by Crippen LogP contribution is 2.21. The number of Topliss-reactive ketones (excluding diaryl/α,β-unsaturated/α-hetero) is 1. The van der Waals surface area contributed by atoms with Gasteiger partial charge in [-0.25, -0.2) is 4.79 Å². The van der Waals surface area contributed by atoms with Crippen LogP contribution in [-0.4, -0.2) is 43.5 Å². The Morgan fingerprint density at radius 1 is 1.44 bits per heavy atom. The van der Waals surface area contributed by atoms with Gasteiger partial charge >= 0.3 is 6.09 Å². The predicted molar refractivity (Wildman–Crippen MR) is 70.9 cm³/mol. The number of rotatable bonds is 5. The third-order valence-corrected chi connectivity index (χ3v) is 3.22. The van der Waals surface area contributed by atoms with E-state index in [1.807, 2.05) is 6.92 Å². The topological polar surface area (TPSA) is 64.6 Å². The van der Waals surface area contributed by atoms with Crippen molar-refractivity contribution in [2.24, 2.45) is 5.92 Å². The van der Waals surface area contributed by atoms with Gasteiger partial charge in [0.2, 0.25) is 0 Å². The molecule has 1 heterocycles. The van der Waals surface area contributed by atoms with Gasteiger partial charge in [0.15, 0.2) is 5.78 Å². The minimum absolute atomic E-state index is 0.00907. The van der Waals surface area contributed by atoms with Crippen molar-refractivity contribution >= 4 is 24.5 Å². The summed E-state index contributed by atoms with van der Waals surface area (Å²) in [7, 11) is 1.29. The molecule has 0 aromatic rings. The van der Waals surface area contributed by atoms with Gasteiger partial charge in [0.25, 0.3) is 0 Å². The molecule has 0 radical (unpaired) electrons. The maximum absolute atomic E-state index is 12.1. The average Bonchev–Trinajstić information content (AvgIpc) is 2.35. The first-order chi connectivity index (χ1) is 8.54. The summed E-state index contributed by atoms with van der Waals surface area (Å²) in [5, 5.41) is 2.63. The van der Waals surface area contributed by atoms with Crippen molar-refractivity contribution < 1.29 is 19.1 Å². The number of carbonyl (C=O) groups excluding carboxylic acids is 2. The molecule has 0 spiro atoms. The Hall–Kier alpha value is -0.750. The zero-order chi connectivity index (χ0) is 13.5. The summed E-state index contributed by atoms with van der Waals surface area (Å²) in [6, 6.07) is -0.490. The van der Waals surface area contributed by atoms with Gasteiger partial charge in [-0.1, -0.05) is 6.92 Å². The van der Waals surface area contributed by atoms with Crippen molar-refractivity contribution in [1.29, 1.82) is 0 Å². The van der Waals surface area contributed by atoms with Crippen molar-refractivity contribution in [3.63, 3.8) is 0 Å². The van der Waals surface area contributed by atoms with Gasteiger partial charge in [0, 0.05) is 24.9 Å². The van der Waals surface area contributed by atoms with Crippen LogP contribution in [0.15, 0.2) is 0 Å². The van der Waals surface area contributed by atoms with Gasteiger partial charge in [-0.2, -0.15) is 12.6 Å². The van der Waals surface area contributed by atoms with Crippen LogP contribution in [0, 0.1) is 5.92 Å². The lowest BCUT2D eigenvalue weighted by Crippen LogP contribution is -2.48. The Balaban J connectivity index is 2.66. The van der Waals surface area contributed by atoms with E-state index in [1.54, 1.807) is 0 Å². The highest BCUT2D eigenvalue weighted by atomic mass is 32.1. The number of thiol groups is 1. The number of nitrogens with one attached hydrogen (secondary N) is 1. The number of ketones is 1. The van der Waals surface area contributed by atoms with Crippen molar-refractivity contribution in [3.8, 4) is 0 Å². The van der Waals surface area contributed by atoms with Gasteiger partial charge in [0.05, 0.1) is 13.2 Å². The molecule has 1 saturated heterocycles. The molecule has 1 aliphatic rings. The number of alkyl carbamates (subject to hydrolysis) is 1. The van der Waals surface area contributed by atoms with E-state index in [-0.39, 0.29) is 17.0 Å². The molecule has 0 aliphatic carbocycles. The third kappa shape index (κ3) is 4.86. The van der Waals surface area contributed by atoms with Crippen LogP contribution in [0.1, 0.15) is 26.2 Å². The molecular weight excluding hydrogens is 254 g/mol. The number of hydrogen-bond acceptors (Lipinski definition) is 5. The van der Waals surface area contributed by atoms with Crippen LogP contribution in [0.5, 0.6) is 0 Å². The first-order valence-electron chi connectivity index (χ1n) is 6.17. The molecule has 104 valence electrons. The summed E-state index contributed by atoms with van der Waals surface area (Å²) < 4.78 is 9.85. The zero-order valence-electron chi connectivity index (χ0n) is 10.8. The summed E-state index contributed by atoms with van der Waals surface area (Å²) in [6.45, 7) is 3.13. The van der Waals surface area contributed by atoms with E-state index in [4.69, 9.17) is 4.74 Å². The molecule has 0 saturated carbocycles. The van der Waals surface area contributed by atoms with E-state index < -0.39 is 12.1 Å². The highest BCUT2D eigenvalue weighted by Gasteiger charge is 2.31. The summed E-state index contributed by atoms with van der Waals surface area (Å²) in [6.07, 6.45) is 1.34. The predicted octanol–water partition coefficient (Wildman–Crippen LogP) is 1.42. The third-order valence-electron chi connectivity index (χ3n) is 3.04. The number of hydrogen-bond donors (Lipinski definition) is 2. The van der Waals surface area contributed by atoms with E-state index >= 15 is 0 Å². The molecule has 1 rings (SSSR count). The molecule has 18 heavy (non-hydrogen) atoms. The second-order valence-electron chi connectivity index (χ2n) is 4.58. The first-order valence-corrected chi connectivity index (χ1v) is 6.69. The number of amides is 1. The molecule has 2 atom stereocenters. The molecule has 6 heteroatoms. The second-order valence-corrected chi connectivity index (χ2v) is 5.46. The van der Waals surface area contributed by atoms with Crippen LogP contribution >= 0.6 is 12.6 Å². The van der Waals surface area contributed by atoms with Crippen LogP contribution in [0.4, 0.5) is 4.79 Å². The minimum atomic E-state index is -0.563. The van der Waals surface area contributed by atoms with Crippen molar-refractivity contribution in [2.75, 3.05) is 20.3 Å². The molecule has 0 bridgehead atoms. The summed E-state index contributed by atoms with van der Waals surface area (Å²) in [5.74, 6) is 0.132. The van der Waals surface area contributed by atoms with Crippen LogP contribution in [-0.2, 0) is 14.3 Å². The molecular formula is C12H21NO4S. The fraction of sp³-hybridized carbons (Fsp3) is 0.833. The van der Waals surface area contributed by atoms with E-state index in [1.165, 1.54) is 7.11 Å². The maximum atomic E-state index is 12.1. The van der Waals surface area contributed by atoms with Crippen LogP contribution < -0.4 is 5.32 Å². The van der Waals surface area contributed by atoms with Gasteiger partial charge in [-0.15, -0.1) is 0 Å². The molecule has 0 aromatic heterocycles. The second kappa shape index (κ2) is 7.63. The van der Waals surface area contributed by atoms with Gasteiger partial charge < -0.3 is 14.8 Å². The smallest absolute Gasteiger partial charge is 0.407 e. The van der Waals surface area contributed by atoms with Gasteiger partial charge in [-0.05, 0) is 18.8 Å². The van der Waals surface area contributed by atoms with E-state index in [9.17, 15) is 9.59 Å². The summed E-state index contributed by atoms with van der Waals surface area (Å²) in [5.41, 5.74) is 0. The Bertz CT molecular complexity index is 290. The normalized spacial score (nSPS) is 19.9. The lowest BCUT2D eigenvalue weighted by Gasteiger charge is -2.29. The molecule has 1 N–H and O–H groups in total. The maximum Gasteiger partial charge on any atom is 0.407 e. The van der Waals surface area contributed by atoms with Crippen LogP contribution in [0.25, 0.3) is 0 Å². The summed E-state index contributed by atoms with van der Waals surface area (Å²) in [4.78, 5) is 23.5. The van der Waals surface area contributed by atoms with Crippen LogP contribution in [0.3, 0.4) is 0 Å². The van der Waals surface area contributed by atoms with Gasteiger partial charge in [-0.3, -0.25) is 4.79 Å². The largest absolute Gasteiger partial charge is 0.453 e. The lowest BCUT2D eigenvalue weighted by molar-refractivity contribution is -0.123. The van der Waals surface area contributed by atoms with E-state index in [2.05, 4.69) is 22.7 Å². The zero-order valence-corrected chi connectivity index (χ0v) is 11.7. The molecule has 0 unspecified atom stereocenters. The van der Waals surface area contributed by atoms with Crippen molar-refractivity contribution in [1.82, 2.24) is 5.32 Å². The Labute approximate surface area is 113 Å². The summed E-state index contributed by atoms with van der Waals surface area (Å²) >= 11 is 4.22. The highest BCUT2D eigenvalue weighted by molar-refractivity contribution is 7.80. The standard InChI is InChI=1S/C12H21NO4S/c1-8(18)7-10(14)11(13-12(15)16-2)9-3-5-17-6-4-9/h8-9,11,18H,3-7H2,1-2H3,(H,13,15)/t8-,11-/m1/s1. The number of carbonyl (C=O) groups is 2. The molecule has 0 aromatic carbocycles. The number of methoxy groups -OCH3 is 1. The molecule has 1 aliphatic heterocycles. The Kier molecular flexibility index (Phi) is 6.49. The number of ether oxygens (including phenoxy) is 2.